The molecule has 2 nitrogen and oxygen atoms in total. The standard InChI is InChI=1S/C13H15FN2/c1-10-5-6-12(9-13(10)14)11(2)15-16-7-3-4-8-16/h3-9,11,15H,1-2H3. The monoisotopic (exact) mass is 218 g/mol. The summed E-state index contributed by atoms with van der Waals surface area (Å²) in [5.74, 6) is -0.154. The average molecular weight is 218 g/mol. The lowest BCUT2D eigenvalue weighted by atomic mass is 10.1. The SMILES string of the molecule is Cc1ccc(C(C)Nn2cccc2)cc1F. The maximum Gasteiger partial charge on any atom is 0.126 e. The van der Waals surface area contributed by atoms with Gasteiger partial charge in [-0.3, -0.25) is 4.68 Å². The number of aryl methyl sites for hydroxylation is 1. The minimum atomic E-state index is -0.154. The first-order valence-corrected chi connectivity index (χ1v) is 5.32. The normalized spacial score (nSPS) is 12.4. The van der Waals surface area contributed by atoms with Gasteiger partial charge in [-0.25, -0.2) is 4.39 Å². The molecule has 0 bridgehead atoms. The Kier molecular flexibility index (Phi) is 2.95. The number of nitrogens with one attached hydrogen (secondary N) is 1. The van der Waals surface area contributed by atoms with Crippen LogP contribution in [0.1, 0.15) is 24.1 Å². The summed E-state index contributed by atoms with van der Waals surface area (Å²) in [4.78, 5) is 0. The maximum atomic E-state index is 13.4. The summed E-state index contributed by atoms with van der Waals surface area (Å²) in [5.41, 5.74) is 4.85. The Labute approximate surface area is 94.7 Å². The summed E-state index contributed by atoms with van der Waals surface area (Å²) in [6, 6.07) is 9.28. The van der Waals surface area contributed by atoms with Crippen molar-refractivity contribution in [2.24, 2.45) is 0 Å². The highest BCUT2D eigenvalue weighted by molar-refractivity contribution is 5.26. The fourth-order valence-corrected chi connectivity index (χ4v) is 1.60. The van der Waals surface area contributed by atoms with Crippen LogP contribution in [0.3, 0.4) is 0 Å². The highest BCUT2D eigenvalue weighted by Crippen LogP contribution is 2.17. The van der Waals surface area contributed by atoms with Crippen molar-refractivity contribution in [1.29, 1.82) is 0 Å². The molecular formula is C13H15FN2. The molecule has 0 aliphatic heterocycles. The largest absolute Gasteiger partial charge is 0.319 e. The molecular weight excluding hydrogens is 203 g/mol. The molecule has 0 radical (unpaired) electrons. The van der Waals surface area contributed by atoms with Crippen molar-refractivity contribution >= 4 is 0 Å². The first-order valence-electron chi connectivity index (χ1n) is 5.32. The van der Waals surface area contributed by atoms with Gasteiger partial charge in [0.2, 0.25) is 0 Å². The van der Waals surface area contributed by atoms with E-state index in [-0.39, 0.29) is 11.9 Å². The van der Waals surface area contributed by atoms with Crippen LogP contribution in [0.4, 0.5) is 4.39 Å². The van der Waals surface area contributed by atoms with Gasteiger partial charge in [0, 0.05) is 12.4 Å². The molecule has 1 N–H and O–H groups in total. The number of aromatic nitrogens is 1. The third-order valence-corrected chi connectivity index (χ3v) is 2.64. The second-order valence-electron chi connectivity index (χ2n) is 3.95. The summed E-state index contributed by atoms with van der Waals surface area (Å²) in [5, 5.41) is 0. The van der Waals surface area contributed by atoms with E-state index in [9.17, 15) is 4.39 Å². The lowest BCUT2D eigenvalue weighted by molar-refractivity contribution is 0.612. The van der Waals surface area contributed by atoms with E-state index in [1.165, 1.54) is 0 Å². The summed E-state index contributed by atoms with van der Waals surface area (Å²) < 4.78 is 15.2. The number of benzene rings is 1. The van der Waals surface area contributed by atoms with E-state index in [1.807, 2.05) is 42.2 Å². The van der Waals surface area contributed by atoms with Crippen molar-refractivity contribution in [3.8, 4) is 0 Å². The van der Waals surface area contributed by atoms with Gasteiger partial charge in [0.05, 0.1) is 6.04 Å². The molecule has 0 amide bonds. The minimum absolute atomic E-state index is 0.0718. The molecule has 84 valence electrons. The zero-order valence-electron chi connectivity index (χ0n) is 9.44. The quantitative estimate of drug-likeness (QED) is 0.836. The summed E-state index contributed by atoms with van der Waals surface area (Å²) in [6.07, 6.45) is 3.84. The minimum Gasteiger partial charge on any atom is -0.319 e. The Balaban J connectivity index is 2.14. The first kappa shape index (κ1) is 10.7. The third-order valence-electron chi connectivity index (χ3n) is 2.64. The van der Waals surface area contributed by atoms with Crippen molar-refractivity contribution in [1.82, 2.24) is 4.68 Å². The van der Waals surface area contributed by atoms with Crippen LogP contribution in [-0.4, -0.2) is 4.68 Å². The van der Waals surface area contributed by atoms with E-state index in [1.54, 1.807) is 19.1 Å². The molecule has 1 aromatic heterocycles. The van der Waals surface area contributed by atoms with Crippen LogP contribution in [-0.2, 0) is 0 Å². The highest BCUT2D eigenvalue weighted by Gasteiger charge is 2.06. The van der Waals surface area contributed by atoms with Gasteiger partial charge in [-0.05, 0) is 43.2 Å². The van der Waals surface area contributed by atoms with E-state index < -0.39 is 0 Å². The van der Waals surface area contributed by atoms with Crippen LogP contribution in [0.15, 0.2) is 42.7 Å². The van der Waals surface area contributed by atoms with Crippen molar-refractivity contribution in [3.05, 3.63) is 59.7 Å². The molecule has 0 fully saturated rings. The van der Waals surface area contributed by atoms with Crippen LogP contribution in [0.25, 0.3) is 0 Å². The lowest BCUT2D eigenvalue weighted by Crippen LogP contribution is -2.17. The molecule has 2 aromatic rings. The number of hydrogen-bond donors (Lipinski definition) is 1. The topological polar surface area (TPSA) is 17.0 Å². The number of rotatable bonds is 3. The molecule has 1 atom stereocenters. The maximum absolute atomic E-state index is 13.4. The van der Waals surface area contributed by atoms with E-state index in [0.29, 0.717) is 5.56 Å². The molecule has 0 spiro atoms. The molecule has 16 heavy (non-hydrogen) atoms. The van der Waals surface area contributed by atoms with Gasteiger partial charge >= 0.3 is 0 Å². The van der Waals surface area contributed by atoms with Crippen LogP contribution in [0.5, 0.6) is 0 Å². The van der Waals surface area contributed by atoms with Crippen LogP contribution in [0.2, 0.25) is 0 Å². The fourth-order valence-electron chi connectivity index (χ4n) is 1.60. The number of halogens is 1. The second-order valence-corrected chi connectivity index (χ2v) is 3.95. The van der Waals surface area contributed by atoms with Gasteiger partial charge in [0.15, 0.2) is 0 Å². The van der Waals surface area contributed by atoms with Gasteiger partial charge < -0.3 is 5.43 Å². The highest BCUT2D eigenvalue weighted by atomic mass is 19.1. The third kappa shape index (κ3) is 2.24. The first-order chi connectivity index (χ1) is 7.66. The van der Waals surface area contributed by atoms with Gasteiger partial charge in [0.25, 0.3) is 0 Å². The van der Waals surface area contributed by atoms with Crippen molar-refractivity contribution < 1.29 is 4.39 Å². The van der Waals surface area contributed by atoms with E-state index in [2.05, 4.69) is 5.43 Å². The molecule has 0 aliphatic carbocycles. The predicted octanol–water partition coefficient (Wildman–Crippen LogP) is 3.24. The van der Waals surface area contributed by atoms with Gasteiger partial charge in [-0.2, -0.15) is 0 Å². The molecule has 1 heterocycles. The van der Waals surface area contributed by atoms with Gasteiger partial charge in [-0.1, -0.05) is 12.1 Å². The molecule has 0 saturated heterocycles. The predicted molar refractivity (Wildman–Crippen MR) is 63.3 cm³/mol. The van der Waals surface area contributed by atoms with Gasteiger partial charge in [-0.15, -0.1) is 0 Å². The molecule has 2 rings (SSSR count). The average Bonchev–Trinajstić information content (AvgIpc) is 2.74. The summed E-state index contributed by atoms with van der Waals surface area (Å²) in [7, 11) is 0. The summed E-state index contributed by atoms with van der Waals surface area (Å²) in [6.45, 7) is 3.77. The number of hydrogen-bond acceptors (Lipinski definition) is 1. The smallest absolute Gasteiger partial charge is 0.126 e. The Morgan fingerprint density at radius 3 is 2.56 bits per heavy atom. The molecule has 0 saturated carbocycles. The second kappa shape index (κ2) is 4.39. The fraction of sp³-hybridized carbons (Fsp3) is 0.231. The molecule has 3 heteroatoms. The number of nitrogens with zero attached hydrogens (tertiary/aromatic N) is 1. The summed E-state index contributed by atoms with van der Waals surface area (Å²) >= 11 is 0. The van der Waals surface area contributed by atoms with E-state index in [0.717, 1.165) is 5.56 Å². The molecule has 0 aliphatic rings. The Morgan fingerprint density at radius 1 is 1.25 bits per heavy atom. The molecule has 1 unspecified atom stereocenters. The van der Waals surface area contributed by atoms with Gasteiger partial charge in [0.1, 0.15) is 5.82 Å². The van der Waals surface area contributed by atoms with Crippen molar-refractivity contribution in [3.63, 3.8) is 0 Å². The zero-order chi connectivity index (χ0) is 11.5. The Morgan fingerprint density at radius 2 is 1.94 bits per heavy atom. The van der Waals surface area contributed by atoms with E-state index in [4.69, 9.17) is 0 Å². The van der Waals surface area contributed by atoms with E-state index >= 15 is 0 Å². The molecule has 1 aromatic carbocycles. The van der Waals surface area contributed by atoms with Crippen LogP contribution in [0, 0.1) is 12.7 Å². The lowest BCUT2D eigenvalue weighted by Gasteiger charge is -2.16. The Bertz CT molecular complexity index is 463. The zero-order valence-corrected chi connectivity index (χ0v) is 9.44. The van der Waals surface area contributed by atoms with Crippen LogP contribution < -0.4 is 5.43 Å². The Hall–Kier alpha value is -1.77. The van der Waals surface area contributed by atoms with Crippen molar-refractivity contribution in [2.75, 3.05) is 5.43 Å². The van der Waals surface area contributed by atoms with Crippen molar-refractivity contribution in [2.45, 2.75) is 19.9 Å². The van der Waals surface area contributed by atoms with Crippen LogP contribution >= 0.6 is 0 Å².